The Morgan fingerprint density at radius 1 is 1.04 bits per heavy atom. The first kappa shape index (κ1) is 24.1. The molecule has 0 aliphatic carbocycles. The molecule has 1 aromatic rings. The number of halogens is 2. The van der Waals surface area contributed by atoms with Crippen LogP contribution in [0, 0.1) is 11.3 Å². The van der Waals surface area contributed by atoms with Crippen molar-refractivity contribution >= 4 is 46.8 Å². The molecule has 1 rings (SSSR count). The largest absolute Gasteiger partial charge is 0.321 e. The summed E-state index contributed by atoms with van der Waals surface area (Å²) in [6, 6.07) is 4.41. The minimum atomic E-state index is -0.520. The van der Waals surface area contributed by atoms with E-state index in [0.29, 0.717) is 34.9 Å². The van der Waals surface area contributed by atoms with Crippen molar-refractivity contribution in [3.8, 4) is 0 Å². The van der Waals surface area contributed by atoms with Crippen LogP contribution in [-0.4, -0.2) is 29.6 Å². The van der Waals surface area contributed by atoms with E-state index in [9.17, 15) is 14.4 Å². The summed E-state index contributed by atoms with van der Waals surface area (Å²) in [6.45, 7) is 3.77. The molecule has 1 aromatic carbocycles. The van der Waals surface area contributed by atoms with Crippen molar-refractivity contribution in [3.63, 3.8) is 0 Å². The highest BCUT2D eigenvalue weighted by Gasteiger charge is 2.17. The number of carbonyl (C=O) groups excluding carboxylic acids is 3. The van der Waals surface area contributed by atoms with Gasteiger partial charge in [0, 0.05) is 22.9 Å². The van der Waals surface area contributed by atoms with E-state index in [0.717, 1.165) is 0 Å². The zero-order valence-electron chi connectivity index (χ0n) is 16.0. The van der Waals surface area contributed by atoms with Gasteiger partial charge in [-0.25, -0.2) is 0 Å². The van der Waals surface area contributed by atoms with Gasteiger partial charge in [0.2, 0.25) is 17.8 Å². The maximum absolute atomic E-state index is 12.0. The maximum atomic E-state index is 12.0. The summed E-state index contributed by atoms with van der Waals surface area (Å²) in [4.78, 5) is 35.6. The highest BCUT2D eigenvalue weighted by Crippen LogP contribution is 2.24. The summed E-state index contributed by atoms with van der Waals surface area (Å²) >= 11 is 12.0. The van der Waals surface area contributed by atoms with Gasteiger partial charge in [0.15, 0.2) is 0 Å². The second kappa shape index (κ2) is 11.8. The van der Waals surface area contributed by atoms with E-state index in [2.05, 4.69) is 10.6 Å². The van der Waals surface area contributed by atoms with Gasteiger partial charge in [-0.15, -0.1) is 0 Å². The fourth-order valence-electron chi connectivity index (χ4n) is 2.40. The van der Waals surface area contributed by atoms with Crippen LogP contribution in [0.3, 0.4) is 0 Å². The summed E-state index contributed by atoms with van der Waals surface area (Å²) in [5.41, 5.74) is 6.23. The number of nitrogens with one attached hydrogen (secondary N) is 3. The van der Waals surface area contributed by atoms with E-state index in [1.807, 2.05) is 13.8 Å². The van der Waals surface area contributed by atoms with Gasteiger partial charge in [-0.05, 0) is 36.5 Å². The van der Waals surface area contributed by atoms with Crippen molar-refractivity contribution in [2.45, 2.75) is 52.0 Å². The Morgan fingerprint density at radius 2 is 1.57 bits per heavy atom. The van der Waals surface area contributed by atoms with Crippen molar-refractivity contribution in [1.29, 1.82) is 5.41 Å². The number of hydrogen-bond donors (Lipinski definition) is 4. The summed E-state index contributed by atoms with van der Waals surface area (Å²) in [5, 5.41) is 12.9. The minimum Gasteiger partial charge on any atom is -0.321 e. The third-order valence-electron chi connectivity index (χ3n) is 4.09. The van der Waals surface area contributed by atoms with E-state index in [4.69, 9.17) is 34.3 Å². The number of ketones is 1. The van der Waals surface area contributed by atoms with Crippen LogP contribution in [-0.2, 0) is 20.8 Å². The molecule has 0 radical (unpaired) electrons. The highest BCUT2D eigenvalue weighted by molar-refractivity contribution is 6.36. The molecule has 0 aliphatic rings. The van der Waals surface area contributed by atoms with E-state index < -0.39 is 23.8 Å². The number of hydrogen-bond acceptors (Lipinski definition) is 5. The van der Waals surface area contributed by atoms with Gasteiger partial charge in [0.1, 0.15) is 5.78 Å². The van der Waals surface area contributed by atoms with Crippen molar-refractivity contribution in [2.24, 2.45) is 11.7 Å². The van der Waals surface area contributed by atoms with Crippen LogP contribution in [0.1, 0.15) is 45.1 Å². The summed E-state index contributed by atoms with van der Waals surface area (Å²) in [6.07, 6.45) is 1.36. The molecule has 0 aliphatic heterocycles. The lowest BCUT2D eigenvalue weighted by atomic mass is 9.97. The summed E-state index contributed by atoms with van der Waals surface area (Å²) in [7, 11) is 0. The molecule has 9 heteroatoms. The maximum Gasteiger partial charge on any atom is 0.231 e. The first-order chi connectivity index (χ1) is 13.1. The Hall–Kier alpha value is -1.96. The number of guanidine groups is 1. The number of benzene rings is 1. The van der Waals surface area contributed by atoms with Crippen LogP contribution in [0.25, 0.3) is 0 Å². The second-order valence-electron chi connectivity index (χ2n) is 6.79. The van der Waals surface area contributed by atoms with Crippen LogP contribution in [0.2, 0.25) is 10.0 Å². The smallest absolute Gasteiger partial charge is 0.231 e. The molecule has 0 heterocycles. The standard InChI is InChI=1S/C19H26Cl2N4O3/c1-11(2)18(22)15(26)8-3-4-9-16(27)24-19(23)25-17(28)10-12-13(20)6-5-7-14(12)21/h5-7,11,18H,3-4,8-10,22H2,1-2H3,(H3,23,24,25,27,28)/t18-/m0/s1. The Kier molecular flexibility index (Phi) is 10.1. The Morgan fingerprint density at radius 3 is 2.14 bits per heavy atom. The molecule has 0 saturated heterocycles. The molecular weight excluding hydrogens is 403 g/mol. The van der Waals surface area contributed by atoms with Gasteiger partial charge >= 0.3 is 0 Å². The lowest BCUT2D eigenvalue weighted by Crippen LogP contribution is -2.43. The SMILES string of the molecule is CC(C)[C@H](N)C(=O)CCCCC(=O)NC(=N)NC(=O)Cc1c(Cl)cccc1Cl. The average Bonchev–Trinajstić information content (AvgIpc) is 2.60. The normalized spacial score (nSPS) is 11.8. The third-order valence-corrected chi connectivity index (χ3v) is 4.80. The van der Waals surface area contributed by atoms with Gasteiger partial charge in [-0.1, -0.05) is 43.1 Å². The molecular formula is C19H26Cl2N4O3. The topological polar surface area (TPSA) is 125 Å². The van der Waals surface area contributed by atoms with Gasteiger partial charge in [0.05, 0.1) is 12.5 Å². The number of Topliss-reactive ketones (excluding diaryl/α,β-unsaturated/α-hetero) is 1. The van der Waals surface area contributed by atoms with Gasteiger partial charge < -0.3 is 5.73 Å². The molecule has 0 saturated carbocycles. The summed E-state index contributed by atoms with van der Waals surface area (Å²) in [5.74, 6) is -1.29. The lowest BCUT2D eigenvalue weighted by molar-refractivity contribution is -0.122. The second-order valence-corrected chi connectivity index (χ2v) is 7.61. The fourth-order valence-corrected chi connectivity index (χ4v) is 2.93. The van der Waals surface area contributed by atoms with Crippen molar-refractivity contribution in [3.05, 3.63) is 33.8 Å². The van der Waals surface area contributed by atoms with Gasteiger partial charge in [0.25, 0.3) is 0 Å². The zero-order valence-corrected chi connectivity index (χ0v) is 17.5. The molecule has 1 atom stereocenters. The van der Waals surface area contributed by atoms with E-state index >= 15 is 0 Å². The molecule has 28 heavy (non-hydrogen) atoms. The monoisotopic (exact) mass is 428 g/mol. The molecule has 0 fully saturated rings. The van der Waals surface area contributed by atoms with Crippen LogP contribution in [0.15, 0.2) is 18.2 Å². The Balaban J connectivity index is 2.32. The molecule has 0 spiro atoms. The lowest BCUT2D eigenvalue weighted by Gasteiger charge is -2.13. The highest BCUT2D eigenvalue weighted by atomic mass is 35.5. The number of rotatable bonds is 9. The predicted molar refractivity (Wildman–Crippen MR) is 110 cm³/mol. The fraction of sp³-hybridized carbons (Fsp3) is 0.474. The molecule has 0 bridgehead atoms. The molecule has 2 amide bonds. The Labute approximate surface area is 174 Å². The van der Waals surface area contributed by atoms with Crippen molar-refractivity contribution < 1.29 is 14.4 Å². The third kappa shape index (κ3) is 8.37. The predicted octanol–water partition coefficient (Wildman–Crippen LogP) is 2.82. The quantitative estimate of drug-likeness (QED) is 0.274. The van der Waals surface area contributed by atoms with Gasteiger partial charge in [-0.3, -0.25) is 30.4 Å². The van der Waals surface area contributed by atoms with E-state index in [-0.39, 0.29) is 24.5 Å². The van der Waals surface area contributed by atoms with Crippen LogP contribution >= 0.6 is 23.2 Å². The number of carbonyl (C=O) groups is 3. The summed E-state index contributed by atoms with van der Waals surface area (Å²) < 4.78 is 0. The minimum absolute atomic E-state index is 0.0198. The molecule has 0 aromatic heterocycles. The zero-order chi connectivity index (χ0) is 21.3. The molecule has 0 unspecified atom stereocenters. The van der Waals surface area contributed by atoms with Crippen LogP contribution in [0.5, 0.6) is 0 Å². The number of amides is 2. The number of nitrogens with two attached hydrogens (primary N) is 1. The van der Waals surface area contributed by atoms with E-state index in [1.165, 1.54) is 0 Å². The average molecular weight is 429 g/mol. The number of unbranched alkanes of at least 4 members (excludes halogenated alkanes) is 1. The van der Waals surface area contributed by atoms with Crippen LogP contribution < -0.4 is 16.4 Å². The molecule has 7 nitrogen and oxygen atoms in total. The molecule has 5 N–H and O–H groups in total. The molecule has 154 valence electrons. The van der Waals surface area contributed by atoms with E-state index in [1.54, 1.807) is 18.2 Å². The van der Waals surface area contributed by atoms with Crippen molar-refractivity contribution in [2.75, 3.05) is 0 Å². The van der Waals surface area contributed by atoms with Gasteiger partial charge in [-0.2, -0.15) is 0 Å². The Bertz CT molecular complexity index is 718. The first-order valence-electron chi connectivity index (χ1n) is 9.01. The van der Waals surface area contributed by atoms with Crippen LogP contribution in [0.4, 0.5) is 0 Å². The first-order valence-corrected chi connectivity index (χ1v) is 9.76. The van der Waals surface area contributed by atoms with Crippen molar-refractivity contribution in [1.82, 2.24) is 10.6 Å².